The molecule has 0 radical (unpaired) electrons. The molecule has 0 amide bonds. The quantitative estimate of drug-likeness (QED) is 0.489. The van der Waals surface area contributed by atoms with Crippen LogP contribution in [0.3, 0.4) is 0 Å². The van der Waals surface area contributed by atoms with Crippen LogP contribution in [0.2, 0.25) is 6.55 Å². The van der Waals surface area contributed by atoms with Crippen molar-refractivity contribution in [3.05, 3.63) is 71.3 Å². The molecule has 0 heterocycles. The standard InChI is InChI=1S/C10H9.C7H9Si.2ClH.Zr/c1-8-6-9-4-2-3-5-10(9)7-8;1-8-7-5-3-2-4-6-7;;;/h2-7H,1H3;2-6,8H,1H3;2*1H;/q;;;;+2/p-2. The van der Waals surface area contributed by atoms with Gasteiger partial charge in [-0.15, -0.1) is 0 Å². The van der Waals surface area contributed by atoms with Gasteiger partial charge in [0.05, 0.1) is 0 Å². The summed E-state index contributed by atoms with van der Waals surface area (Å²) in [6.07, 6.45) is 2.41. The third-order valence-electron chi connectivity index (χ3n) is 3.86. The number of rotatable bonds is 3. The average molecular weight is 413 g/mol. The molecule has 1 aliphatic rings. The van der Waals surface area contributed by atoms with Gasteiger partial charge in [-0.3, -0.25) is 0 Å². The Morgan fingerprint density at radius 3 is 2.24 bits per heavy atom. The normalized spacial score (nSPS) is 16.7. The van der Waals surface area contributed by atoms with E-state index in [0.29, 0.717) is 0 Å². The van der Waals surface area contributed by atoms with Gasteiger partial charge in [0.1, 0.15) is 0 Å². The third-order valence-corrected chi connectivity index (χ3v) is 16.6. The zero-order chi connectivity index (χ0) is 13.2. The van der Waals surface area contributed by atoms with Crippen LogP contribution in [0, 0.1) is 0 Å². The summed E-state index contributed by atoms with van der Waals surface area (Å²) in [5.41, 5.74) is 4.70. The first kappa shape index (κ1) is 18.9. The van der Waals surface area contributed by atoms with Gasteiger partial charge in [0.15, 0.2) is 0 Å². The molecule has 108 valence electrons. The van der Waals surface area contributed by atoms with Crippen molar-refractivity contribution in [3.8, 4) is 0 Å². The van der Waals surface area contributed by atoms with E-state index < -0.39 is 5.92 Å². The summed E-state index contributed by atoms with van der Waals surface area (Å²) >= 11 is -0.387. The van der Waals surface area contributed by atoms with Crippen molar-refractivity contribution in [2.75, 3.05) is 0 Å². The molecule has 0 aromatic heterocycles. The smallest absolute Gasteiger partial charge is 1.00 e. The Hall–Kier alpha value is -0.140. The second-order valence-corrected chi connectivity index (χ2v) is 18.0. The van der Waals surface area contributed by atoms with E-state index in [-0.39, 0.29) is 47.2 Å². The van der Waals surface area contributed by atoms with Crippen LogP contribution in [0.1, 0.15) is 21.7 Å². The van der Waals surface area contributed by atoms with E-state index in [0.717, 1.165) is 3.63 Å². The second-order valence-electron chi connectivity index (χ2n) is 5.25. The number of fused-ring (bicyclic) bond motifs is 1. The van der Waals surface area contributed by atoms with Gasteiger partial charge in [-0.05, 0) is 0 Å². The Bertz CT molecular complexity index is 613. The molecule has 2 aromatic rings. The minimum Gasteiger partial charge on any atom is -1.00 e. The Balaban J connectivity index is 0.00000110. The molecule has 1 aliphatic carbocycles. The van der Waals surface area contributed by atoms with E-state index in [1.807, 2.05) is 0 Å². The van der Waals surface area contributed by atoms with Gasteiger partial charge in [-0.2, -0.15) is 0 Å². The Labute approximate surface area is 152 Å². The van der Waals surface area contributed by atoms with Crippen LogP contribution in [0.25, 0.3) is 6.08 Å². The minimum atomic E-state index is -0.682. The van der Waals surface area contributed by atoms with Crippen LogP contribution in [-0.2, 0) is 22.4 Å². The van der Waals surface area contributed by atoms with Crippen molar-refractivity contribution in [3.63, 3.8) is 0 Å². The van der Waals surface area contributed by atoms with Crippen LogP contribution in [0.5, 0.6) is 0 Å². The predicted molar refractivity (Wildman–Crippen MR) is 81.9 cm³/mol. The zero-order valence-corrected chi connectivity index (χ0v) is 17.3. The number of hydrogen-bond acceptors (Lipinski definition) is 0. The monoisotopic (exact) mass is 410 g/mol. The molecule has 0 fully saturated rings. The first-order valence-electron chi connectivity index (χ1n) is 6.84. The minimum absolute atomic E-state index is 0. The molecular formula is C17H18Cl2SiZr. The molecule has 0 aliphatic heterocycles. The fraction of sp³-hybridized carbons (Fsp3) is 0.176. The maximum absolute atomic E-state index is 2.55. The van der Waals surface area contributed by atoms with Crippen molar-refractivity contribution in [1.29, 1.82) is 0 Å². The van der Waals surface area contributed by atoms with E-state index in [1.54, 1.807) is 16.3 Å². The fourth-order valence-electron chi connectivity index (χ4n) is 2.79. The first-order chi connectivity index (χ1) is 9.25. The molecule has 0 N–H and O–H groups in total. The maximum atomic E-state index is 2.55. The summed E-state index contributed by atoms with van der Waals surface area (Å²) in [5, 5.41) is 1.66. The van der Waals surface area contributed by atoms with Crippen molar-refractivity contribution in [2.45, 2.75) is 17.1 Å². The summed E-state index contributed by atoms with van der Waals surface area (Å²) in [6, 6.07) is 20.2. The summed E-state index contributed by atoms with van der Waals surface area (Å²) < 4.78 is 0.821. The maximum Gasteiger partial charge on any atom is -1.00 e. The van der Waals surface area contributed by atoms with Crippen LogP contribution in [0.4, 0.5) is 0 Å². The number of hydrogen-bond donors (Lipinski definition) is 0. The van der Waals surface area contributed by atoms with Crippen LogP contribution in [0.15, 0.2) is 60.2 Å². The SMILES string of the molecule is CC1=Cc2ccccc2[CH]1[Zr+2][SiH](C)c1ccccc1.[Cl-].[Cl-]. The molecule has 21 heavy (non-hydrogen) atoms. The third kappa shape index (κ3) is 4.20. The van der Waals surface area contributed by atoms with Crippen LogP contribution in [-0.4, -0.2) is 5.92 Å². The van der Waals surface area contributed by atoms with Crippen LogP contribution < -0.4 is 30.0 Å². The van der Waals surface area contributed by atoms with Gasteiger partial charge >= 0.3 is 128 Å². The largest absolute Gasteiger partial charge is 1.00 e. The summed E-state index contributed by atoms with van der Waals surface area (Å²) in [7, 11) is 0. The number of allylic oxidation sites excluding steroid dienone is 1. The Kier molecular flexibility index (Phi) is 7.64. The Morgan fingerprint density at radius 1 is 0.905 bits per heavy atom. The van der Waals surface area contributed by atoms with E-state index >= 15 is 0 Å². The van der Waals surface area contributed by atoms with Gasteiger partial charge in [0.2, 0.25) is 0 Å². The molecular weight excluding hydrogens is 394 g/mol. The topological polar surface area (TPSA) is 0 Å². The van der Waals surface area contributed by atoms with Gasteiger partial charge in [-0.25, -0.2) is 0 Å². The summed E-state index contributed by atoms with van der Waals surface area (Å²) in [6.45, 7) is 4.88. The number of halogens is 2. The molecule has 2 aromatic carbocycles. The van der Waals surface area contributed by atoms with Gasteiger partial charge in [0.25, 0.3) is 0 Å². The van der Waals surface area contributed by atoms with E-state index in [1.165, 1.54) is 5.56 Å². The molecule has 2 atom stereocenters. The number of benzene rings is 2. The van der Waals surface area contributed by atoms with Crippen molar-refractivity contribution in [2.24, 2.45) is 0 Å². The summed E-state index contributed by atoms with van der Waals surface area (Å²) in [5.74, 6) is -0.682. The van der Waals surface area contributed by atoms with Crippen molar-refractivity contribution < 1.29 is 47.2 Å². The van der Waals surface area contributed by atoms with Crippen LogP contribution >= 0.6 is 0 Å². The first-order valence-corrected chi connectivity index (χ1v) is 14.8. The zero-order valence-electron chi connectivity index (χ0n) is 12.2. The van der Waals surface area contributed by atoms with Gasteiger partial charge < -0.3 is 24.8 Å². The van der Waals surface area contributed by atoms with E-state index in [9.17, 15) is 0 Å². The van der Waals surface area contributed by atoms with Gasteiger partial charge in [0, 0.05) is 0 Å². The van der Waals surface area contributed by atoms with Gasteiger partial charge in [-0.1, -0.05) is 0 Å². The van der Waals surface area contributed by atoms with Crippen molar-refractivity contribution in [1.82, 2.24) is 0 Å². The second kappa shape index (κ2) is 8.48. The fourth-order valence-corrected chi connectivity index (χ4v) is 15.4. The average Bonchev–Trinajstić information content (AvgIpc) is 2.76. The molecule has 3 rings (SSSR count). The Morgan fingerprint density at radius 2 is 1.52 bits per heavy atom. The van der Waals surface area contributed by atoms with E-state index in [2.05, 4.69) is 74.1 Å². The summed E-state index contributed by atoms with van der Waals surface area (Å²) in [4.78, 5) is 0. The molecule has 0 saturated carbocycles. The molecule has 0 bridgehead atoms. The predicted octanol–water partition coefficient (Wildman–Crippen LogP) is -2.50. The molecule has 2 unspecified atom stereocenters. The van der Waals surface area contributed by atoms with E-state index in [4.69, 9.17) is 0 Å². The molecule has 0 nitrogen and oxygen atoms in total. The molecule has 0 saturated heterocycles. The van der Waals surface area contributed by atoms with Crippen molar-refractivity contribution >= 4 is 17.2 Å². The molecule has 4 heteroatoms. The molecule has 0 spiro atoms.